The summed E-state index contributed by atoms with van der Waals surface area (Å²) in [7, 11) is 0. The van der Waals surface area contributed by atoms with E-state index in [2.05, 4.69) is 10.1 Å². The Balaban J connectivity index is 1.61. The van der Waals surface area contributed by atoms with Crippen LogP contribution in [0, 0.1) is 0 Å². The number of benzene rings is 1. The topological polar surface area (TPSA) is 70.5 Å². The third-order valence-electron chi connectivity index (χ3n) is 4.76. The predicted molar refractivity (Wildman–Crippen MR) is 101 cm³/mol. The van der Waals surface area contributed by atoms with Crippen molar-refractivity contribution in [2.45, 2.75) is 25.4 Å². The first kappa shape index (κ1) is 15.3. The summed E-state index contributed by atoms with van der Waals surface area (Å²) in [5, 5.41) is 6.94. The molecule has 1 N–H and O–H groups in total. The van der Waals surface area contributed by atoms with Gasteiger partial charge < -0.3 is 9.88 Å². The molecule has 6 nitrogen and oxygen atoms in total. The average molecular weight is 364 g/mol. The van der Waals surface area contributed by atoms with E-state index in [-0.39, 0.29) is 17.5 Å². The first-order valence-corrected chi connectivity index (χ1v) is 9.42. The molecule has 1 aliphatic carbocycles. The number of carbonyl (C=O) groups excluding carboxylic acids is 1. The maximum absolute atomic E-state index is 13.2. The van der Waals surface area contributed by atoms with Gasteiger partial charge in [0.1, 0.15) is 11.2 Å². The van der Waals surface area contributed by atoms with E-state index in [1.807, 2.05) is 40.6 Å². The second-order valence-electron chi connectivity index (χ2n) is 6.53. The summed E-state index contributed by atoms with van der Waals surface area (Å²) in [6.45, 7) is 0.594. The van der Waals surface area contributed by atoms with E-state index in [0.29, 0.717) is 28.7 Å². The van der Waals surface area contributed by atoms with Gasteiger partial charge in [-0.3, -0.25) is 9.59 Å². The summed E-state index contributed by atoms with van der Waals surface area (Å²) in [5.41, 5.74) is 1.38. The number of H-pyrrole nitrogens is 1. The van der Waals surface area contributed by atoms with Gasteiger partial charge in [0, 0.05) is 10.9 Å². The average Bonchev–Trinajstić information content (AvgIpc) is 3.20. The Bertz CT molecular complexity index is 1170. The first-order chi connectivity index (χ1) is 12.7. The molecule has 1 saturated carbocycles. The Labute approximate surface area is 152 Å². The quantitative estimate of drug-likeness (QED) is 0.605. The molecular weight excluding hydrogens is 348 g/mol. The minimum absolute atomic E-state index is 0.0816. The van der Waals surface area contributed by atoms with Crippen LogP contribution in [0.2, 0.25) is 0 Å². The Kier molecular flexibility index (Phi) is 3.43. The summed E-state index contributed by atoms with van der Waals surface area (Å²) in [6, 6.07) is 11.6. The van der Waals surface area contributed by atoms with Gasteiger partial charge in [0.15, 0.2) is 0 Å². The molecule has 1 aliphatic rings. The van der Waals surface area contributed by atoms with Crippen molar-refractivity contribution in [3.63, 3.8) is 0 Å². The highest BCUT2D eigenvalue weighted by Crippen LogP contribution is 2.31. The Morgan fingerprint density at radius 1 is 1.27 bits per heavy atom. The zero-order valence-electron chi connectivity index (χ0n) is 13.9. The lowest BCUT2D eigenvalue weighted by molar-refractivity contribution is 0.0733. The maximum atomic E-state index is 13.2. The van der Waals surface area contributed by atoms with Crippen molar-refractivity contribution < 1.29 is 4.79 Å². The highest BCUT2D eigenvalue weighted by Gasteiger charge is 2.34. The van der Waals surface area contributed by atoms with E-state index >= 15 is 0 Å². The molecule has 1 fully saturated rings. The van der Waals surface area contributed by atoms with Crippen LogP contribution in [0.3, 0.4) is 0 Å². The largest absolute Gasteiger partial charge is 0.330 e. The summed E-state index contributed by atoms with van der Waals surface area (Å²) in [5.74, 6) is -0.0816. The van der Waals surface area contributed by atoms with E-state index in [1.54, 1.807) is 28.1 Å². The van der Waals surface area contributed by atoms with Gasteiger partial charge >= 0.3 is 0 Å². The standard InChI is InChI=1S/C19H16N4O2S/c24-18-14-5-1-2-6-16(14)23-17(21-18)15(10-20-23)19(25)22(12-7-8-12)11-13-4-3-9-26-13/h1-6,9-10,12H,7-8,11H2,(H,21,24). The van der Waals surface area contributed by atoms with Gasteiger partial charge in [-0.15, -0.1) is 11.3 Å². The lowest BCUT2D eigenvalue weighted by Gasteiger charge is -2.21. The molecule has 0 aliphatic heterocycles. The fourth-order valence-electron chi connectivity index (χ4n) is 3.31. The molecule has 0 spiro atoms. The van der Waals surface area contributed by atoms with Crippen LogP contribution >= 0.6 is 11.3 Å². The zero-order chi connectivity index (χ0) is 17.7. The molecule has 0 bridgehead atoms. The molecule has 5 rings (SSSR count). The summed E-state index contributed by atoms with van der Waals surface area (Å²) in [4.78, 5) is 31.5. The van der Waals surface area contributed by atoms with Crippen LogP contribution in [0.4, 0.5) is 0 Å². The number of amides is 1. The number of thiophene rings is 1. The van der Waals surface area contributed by atoms with Crippen LogP contribution in [0.25, 0.3) is 16.6 Å². The molecule has 3 heterocycles. The number of aromatic amines is 1. The number of nitrogens with zero attached hydrogens (tertiary/aromatic N) is 3. The Morgan fingerprint density at radius 2 is 2.12 bits per heavy atom. The van der Waals surface area contributed by atoms with Gasteiger partial charge in [-0.2, -0.15) is 5.10 Å². The molecule has 7 heteroatoms. The summed E-state index contributed by atoms with van der Waals surface area (Å²) >= 11 is 1.65. The number of nitrogens with one attached hydrogen (secondary N) is 1. The highest BCUT2D eigenvalue weighted by molar-refractivity contribution is 7.09. The molecule has 130 valence electrons. The van der Waals surface area contributed by atoms with Crippen molar-refractivity contribution in [2.75, 3.05) is 0 Å². The SMILES string of the molecule is O=C(c1cnn2c1[nH]c(=O)c1ccccc12)N(Cc1cccs1)C1CC1. The normalized spacial score (nSPS) is 14.2. The van der Waals surface area contributed by atoms with E-state index in [9.17, 15) is 9.59 Å². The minimum Gasteiger partial charge on any atom is -0.330 e. The maximum Gasteiger partial charge on any atom is 0.259 e. The molecule has 0 radical (unpaired) electrons. The molecular formula is C19H16N4O2S. The number of aromatic nitrogens is 3. The van der Waals surface area contributed by atoms with E-state index in [4.69, 9.17) is 0 Å². The van der Waals surface area contributed by atoms with Crippen LogP contribution in [-0.2, 0) is 6.54 Å². The second-order valence-corrected chi connectivity index (χ2v) is 7.57. The van der Waals surface area contributed by atoms with Crippen molar-refractivity contribution in [3.05, 3.63) is 68.8 Å². The van der Waals surface area contributed by atoms with E-state index < -0.39 is 0 Å². The minimum atomic E-state index is -0.209. The fraction of sp³-hybridized carbons (Fsp3) is 0.211. The molecule has 0 atom stereocenters. The Morgan fingerprint density at radius 3 is 2.88 bits per heavy atom. The number of fused-ring (bicyclic) bond motifs is 3. The van der Waals surface area contributed by atoms with Crippen molar-refractivity contribution in [2.24, 2.45) is 0 Å². The molecule has 3 aromatic heterocycles. The molecule has 4 aromatic rings. The lowest BCUT2D eigenvalue weighted by Crippen LogP contribution is -2.32. The van der Waals surface area contributed by atoms with Crippen molar-refractivity contribution in [1.29, 1.82) is 0 Å². The third kappa shape index (κ3) is 2.43. The number of rotatable bonds is 4. The van der Waals surface area contributed by atoms with Crippen molar-refractivity contribution >= 4 is 33.8 Å². The van der Waals surface area contributed by atoms with Gasteiger partial charge in [-0.1, -0.05) is 18.2 Å². The van der Waals surface area contributed by atoms with Gasteiger partial charge in [0.05, 0.1) is 23.6 Å². The predicted octanol–water partition coefficient (Wildman–Crippen LogP) is 3.04. The van der Waals surface area contributed by atoms with E-state index in [0.717, 1.165) is 17.7 Å². The second kappa shape index (κ2) is 5.81. The van der Waals surface area contributed by atoms with Crippen LogP contribution < -0.4 is 5.56 Å². The van der Waals surface area contributed by atoms with Crippen LogP contribution in [-0.4, -0.2) is 31.4 Å². The monoisotopic (exact) mass is 364 g/mol. The molecule has 0 unspecified atom stereocenters. The summed E-state index contributed by atoms with van der Waals surface area (Å²) < 4.78 is 1.64. The van der Waals surface area contributed by atoms with Gasteiger partial charge in [-0.25, -0.2) is 4.52 Å². The lowest BCUT2D eigenvalue weighted by atomic mass is 10.2. The van der Waals surface area contributed by atoms with Gasteiger partial charge in [0.2, 0.25) is 0 Å². The fourth-order valence-corrected chi connectivity index (χ4v) is 4.01. The van der Waals surface area contributed by atoms with Crippen LogP contribution in [0.5, 0.6) is 0 Å². The highest BCUT2D eigenvalue weighted by atomic mass is 32.1. The smallest absolute Gasteiger partial charge is 0.259 e. The number of hydrogen-bond acceptors (Lipinski definition) is 4. The van der Waals surface area contributed by atoms with Crippen molar-refractivity contribution in [3.8, 4) is 0 Å². The third-order valence-corrected chi connectivity index (χ3v) is 5.62. The molecule has 1 amide bonds. The van der Waals surface area contributed by atoms with Crippen LogP contribution in [0.1, 0.15) is 28.1 Å². The number of para-hydroxylation sites is 1. The van der Waals surface area contributed by atoms with Gasteiger partial charge in [0.25, 0.3) is 11.5 Å². The number of hydrogen-bond donors (Lipinski definition) is 1. The zero-order valence-corrected chi connectivity index (χ0v) is 14.7. The van der Waals surface area contributed by atoms with E-state index in [1.165, 1.54) is 0 Å². The molecule has 26 heavy (non-hydrogen) atoms. The van der Waals surface area contributed by atoms with Crippen molar-refractivity contribution in [1.82, 2.24) is 19.5 Å². The van der Waals surface area contributed by atoms with Gasteiger partial charge in [-0.05, 0) is 36.4 Å². The number of carbonyl (C=O) groups is 1. The first-order valence-electron chi connectivity index (χ1n) is 8.54. The molecule has 1 aromatic carbocycles. The Hall–Kier alpha value is -2.93. The molecule has 0 saturated heterocycles. The summed E-state index contributed by atoms with van der Waals surface area (Å²) in [6.07, 6.45) is 3.61. The van der Waals surface area contributed by atoms with Crippen LogP contribution in [0.15, 0.2) is 52.8 Å².